The van der Waals surface area contributed by atoms with Crippen LogP contribution in [0.4, 0.5) is 0 Å². The fourth-order valence-corrected chi connectivity index (χ4v) is 0.358. The summed E-state index contributed by atoms with van der Waals surface area (Å²) >= 11 is 0. The standard InChI is InChI=1S/C6H9NO4/c1-5(9)6(10)11-3-2-7-4-8/h5,9H,2-3H2,1H3. The Hall–Kier alpha value is -1.19. The maximum Gasteiger partial charge on any atom is 0.334 e. The fraction of sp³-hybridized carbons (Fsp3) is 0.667. The molecule has 62 valence electrons. The number of nitrogens with zero attached hydrogens (tertiary/aromatic N) is 1. The lowest BCUT2D eigenvalue weighted by Crippen LogP contribution is -2.20. The molecule has 5 heteroatoms. The molecule has 11 heavy (non-hydrogen) atoms. The van der Waals surface area contributed by atoms with E-state index in [0.717, 1.165) is 0 Å². The SMILES string of the molecule is CC(O)C(=O)OCCN=C=O. The van der Waals surface area contributed by atoms with Gasteiger partial charge in [-0.25, -0.2) is 14.6 Å². The zero-order valence-electron chi connectivity index (χ0n) is 6.11. The number of ether oxygens (including phenoxy) is 1. The number of carbonyl (C=O) groups is 1. The molecular formula is C6H9NO4. The summed E-state index contributed by atoms with van der Waals surface area (Å²) in [4.78, 5) is 23.1. The monoisotopic (exact) mass is 159 g/mol. The van der Waals surface area contributed by atoms with Gasteiger partial charge in [0, 0.05) is 0 Å². The first kappa shape index (κ1) is 9.81. The molecule has 0 heterocycles. The van der Waals surface area contributed by atoms with Crippen LogP contribution in [0.5, 0.6) is 0 Å². The Labute approximate surface area is 63.7 Å². The number of hydrogen-bond acceptors (Lipinski definition) is 5. The number of rotatable bonds is 4. The van der Waals surface area contributed by atoms with Crippen LogP contribution in [0.1, 0.15) is 6.92 Å². The first-order valence-corrected chi connectivity index (χ1v) is 3.07. The van der Waals surface area contributed by atoms with Gasteiger partial charge in [-0.15, -0.1) is 0 Å². The van der Waals surface area contributed by atoms with Gasteiger partial charge in [0.15, 0.2) is 0 Å². The first-order valence-electron chi connectivity index (χ1n) is 3.07. The molecule has 0 spiro atoms. The van der Waals surface area contributed by atoms with Crippen molar-refractivity contribution >= 4 is 12.0 Å². The van der Waals surface area contributed by atoms with Gasteiger partial charge in [-0.3, -0.25) is 0 Å². The Morgan fingerprint density at radius 3 is 2.91 bits per heavy atom. The predicted octanol–water partition coefficient (Wildman–Crippen LogP) is -0.754. The minimum atomic E-state index is -1.13. The van der Waals surface area contributed by atoms with Crippen molar-refractivity contribution in [1.29, 1.82) is 0 Å². The molecule has 0 radical (unpaired) electrons. The summed E-state index contributed by atoms with van der Waals surface area (Å²) in [5.41, 5.74) is 0. The van der Waals surface area contributed by atoms with Crippen molar-refractivity contribution in [1.82, 2.24) is 0 Å². The number of aliphatic hydroxyl groups is 1. The summed E-state index contributed by atoms with van der Waals surface area (Å²) in [6, 6.07) is 0. The van der Waals surface area contributed by atoms with Crippen LogP contribution < -0.4 is 0 Å². The van der Waals surface area contributed by atoms with E-state index >= 15 is 0 Å². The number of hydrogen-bond donors (Lipinski definition) is 1. The molecule has 1 N–H and O–H groups in total. The van der Waals surface area contributed by atoms with Crippen LogP contribution in [0.15, 0.2) is 4.99 Å². The van der Waals surface area contributed by atoms with Gasteiger partial charge >= 0.3 is 5.97 Å². The van der Waals surface area contributed by atoms with Gasteiger partial charge in [0.25, 0.3) is 0 Å². The first-order chi connectivity index (χ1) is 5.18. The highest BCUT2D eigenvalue weighted by Crippen LogP contribution is 1.85. The van der Waals surface area contributed by atoms with Gasteiger partial charge in [-0.1, -0.05) is 0 Å². The minimum Gasteiger partial charge on any atom is -0.462 e. The maximum atomic E-state index is 10.5. The number of carbonyl (C=O) groups excluding carboxylic acids is 2. The Bertz CT molecular complexity index is 171. The summed E-state index contributed by atoms with van der Waals surface area (Å²) in [5, 5.41) is 8.59. The molecule has 0 aliphatic rings. The van der Waals surface area contributed by atoms with Crippen LogP contribution >= 0.6 is 0 Å². The van der Waals surface area contributed by atoms with E-state index in [1.165, 1.54) is 13.0 Å². The van der Waals surface area contributed by atoms with Crippen LogP contribution in [0, 0.1) is 0 Å². The molecule has 5 nitrogen and oxygen atoms in total. The molecule has 1 unspecified atom stereocenters. The Kier molecular flexibility index (Phi) is 4.98. The lowest BCUT2D eigenvalue weighted by atomic mass is 10.4. The summed E-state index contributed by atoms with van der Waals surface area (Å²) in [7, 11) is 0. The molecule has 0 aromatic heterocycles. The molecule has 0 aromatic rings. The number of esters is 1. The van der Waals surface area contributed by atoms with Crippen molar-refractivity contribution in [2.75, 3.05) is 13.2 Å². The van der Waals surface area contributed by atoms with Crippen LogP contribution in [-0.2, 0) is 14.3 Å². The van der Waals surface area contributed by atoms with E-state index < -0.39 is 12.1 Å². The highest BCUT2D eigenvalue weighted by atomic mass is 16.5. The third kappa shape index (κ3) is 5.26. The van der Waals surface area contributed by atoms with E-state index in [1.54, 1.807) is 0 Å². The van der Waals surface area contributed by atoms with Crippen molar-refractivity contribution < 1.29 is 19.4 Å². The minimum absolute atomic E-state index is 0.00102. The molecule has 0 amide bonds. The highest BCUT2D eigenvalue weighted by molar-refractivity contribution is 5.73. The van der Waals surface area contributed by atoms with E-state index in [2.05, 4.69) is 9.73 Å². The molecule has 0 rings (SSSR count). The van der Waals surface area contributed by atoms with Gasteiger partial charge in [0.1, 0.15) is 12.7 Å². The highest BCUT2D eigenvalue weighted by Gasteiger charge is 2.08. The van der Waals surface area contributed by atoms with E-state index in [4.69, 9.17) is 5.11 Å². The topological polar surface area (TPSA) is 76.0 Å². The summed E-state index contributed by atoms with van der Waals surface area (Å²) < 4.78 is 4.44. The van der Waals surface area contributed by atoms with Crippen molar-refractivity contribution in [3.05, 3.63) is 0 Å². The van der Waals surface area contributed by atoms with Crippen LogP contribution in [0.3, 0.4) is 0 Å². The molecular weight excluding hydrogens is 150 g/mol. The van der Waals surface area contributed by atoms with Crippen molar-refractivity contribution in [3.63, 3.8) is 0 Å². The summed E-state index contributed by atoms with van der Waals surface area (Å²) in [5.74, 6) is -0.717. The lowest BCUT2D eigenvalue weighted by molar-refractivity contribution is -0.152. The second-order valence-corrected chi connectivity index (χ2v) is 1.82. The largest absolute Gasteiger partial charge is 0.462 e. The lowest BCUT2D eigenvalue weighted by Gasteiger charge is -2.02. The molecule has 0 bridgehead atoms. The van der Waals surface area contributed by atoms with E-state index in [0.29, 0.717) is 0 Å². The average molecular weight is 159 g/mol. The molecule has 0 saturated carbocycles. The van der Waals surface area contributed by atoms with Gasteiger partial charge in [0.2, 0.25) is 6.08 Å². The Morgan fingerprint density at radius 1 is 1.82 bits per heavy atom. The zero-order valence-corrected chi connectivity index (χ0v) is 6.11. The maximum absolute atomic E-state index is 10.5. The molecule has 0 aromatic carbocycles. The van der Waals surface area contributed by atoms with E-state index in [9.17, 15) is 9.59 Å². The Morgan fingerprint density at radius 2 is 2.45 bits per heavy atom. The van der Waals surface area contributed by atoms with Crippen molar-refractivity contribution in [3.8, 4) is 0 Å². The van der Waals surface area contributed by atoms with Crippen LogP contribution in [0.2, 0.25) is 0 Å². The normalized spacial score (nSPS) is 11.5. The zero-order chi connectivity index (χ0) is 8.69. The molecule has 0 fully saturated rings. The number of aliphatic imine (C=N–C) groups is 1. The Balaban J connectivity index is 3.39. The quantitative estimate of drug-likeness (QED) is 0.253. The second kappa shape index (κ2) is 5.58. The average Bonchev–Trinajstić information content (AvgIpc) is 1.97. The third-order valence-corrected chi connectivity index (χ3v) is 0.853. The molecule has 1 atom stereocenters. The fourth-order valence-electron chi connectivity index (χ4n) is 0.358. The van der Waals surface area contributed by atoms with Gasteiger partial charge in [-0.2, -0.15) is 0 Å². The summed E-state index contributed by atoms with van der Waals surface area (Å²) in [6.45, 7) is 1.38. The second-order valence-electron chi connectivity index (χ2n) is 1.82. The summed E-state index contributed by atoms with van der Waals surface area (Å²) in [6.07, 6.45) is 0.162. The molecule has 0 aliphatic carbocycles. The van der Waals surface area contributed by atoms with Gasteiger partial charge < -0.3 is 9.84 Å². The van der Waals surface area contributed by atoms with E-state index in [1.807, 2.05) is 0 Å². The van der Waals surface area contributed by atoms with E-state index in [-0.39, 0.29) is 13.2 Å². The molecule has 0 saturated heterocycles. The van der Waals surface area contributed by atoms with Crippen molar-refractivity contribution in [2.45, 2.75) is 13.0 Å². The van der Waals surface area contributed by atoms with Crippen LogP contribution in [-0.4, -0.2) is 36.4 Å². The van der Waals surface area contributed by atoms with Crippen molar-refractivity contribution in [2.24, 2.45) is 4.99 Å². The van der Waals surface area contributed by atoms with Crippen LogP contribution in [0.25, 0.3) is 0 Å². The smallest absolute Gasteiger partial charge is 0.334 e. The molecule has 0 aliphatic heterocycles. The number of aliphatic hydroxyl groups excluding tert-OH is 1. The predicted molar refractivity (Wildman–Crippen MR) is 35.6 cm³/mol. The van der Waals surface area contributed by atoms with Gasteiger partial charge in [-0.05, 0) is 6.92 Å². The van der Waals surface area contributed by atoms with Gasteiger partial charge in [0.05, 0.1) is 6.54 Å². The number of isocyanates is 1. The third-order valence-electron chi connectivity index (χ3n) is 0.853.